The van der Waals surface area contributed by atoms with E-state index in [1.165, 1.54) is 84.9 Å². The van der Waals surface area contributed by atoms with Gasteiger partial charge in [-0.3, -0.25) is 0 Å². The number of halogens is 2. The van der Waals surface area contributed by atoms with E-state index in [4.69, 9.17) is 6.57 Å². The molecule has 7 aromatic rings. The predicted octanol–water partition coefficient (Wildman–Crippen LogP) is 12.9. The lowest BCUT2D eigenvalue weighted by Crippen LogP contribution is -2.05. The quantitative estimate of drug-likeness (QED) is 0.118. The highest BCUT2D eigenvalue weighted by Gasteiger charge is 2.44. The average molecular weight is 871 g/mol. The molecule has 0 heterocycles. The summed E-state index contributed by atoms with van der Waals surface area (Å²) in [6, 6.07) is 52.7. The van der Waals surface area contributed by atoms with Crippen LogP contribution >= 0.6 is 0 Å². The lowest BCUT2D eigenvalue weighted by atomic mass is 9.77. The normalized spacial score (nSPS) is 13.6. The zero-order chi connectivity index (χ0) is 47.6. The summed E-state index contributed by atoms with van der Waals surface area (Å²) < 4.78 is 30.2. The van der Waals surface area contributed by atoms with Crippen molar-refractivity contribution in [3.05, 3.63) is 235 Å². The summed E-state index contributed by atoms with van der Waals surface area (Å²) in [6.07, 6.45) is 0. The van der Waals surface area contributed by atoms with Crippen LogP contribution in [0.15, 0.2) is 146 Å². The standard InChI is InChI=1S/C58H24F2N8/c1-68-58(42-24-35(28-63)21-36(25-42)29-64)57-49(38-10-6-3-7-11-38)47(32-67)54-50(39-12-16-43(59)17-13-39)55-52(45(30-65)41-22-33(26-61)20-34(23-41)27-62)48(37-8-4-2-5-9-37)46(31-66)53(55)51(56(54)57)40-14-18-44(60)19-15-40/h2-25H/b52-45+,58-57-. The molecular weight excluding hydrogens is 847 g/mol. The van der Waals surface area contributed by atoms with Crippen LogP contribution in [-0.4, -0.2) is 0 Å². The summed E-state index contributed by atoms with van der Waals surface area (Å²) in [4.78, 5) is 4.10. The van der Waals surface area contributed by atoms with Crippen molar-refractivity contribution in [3.63, 3.8) is 0 Å². The predicted molar refractivity (Wildman–Crippen MR) is 253 cm³/mol. The fourth-order valence-electron chi connectivity index (χ4n) is 9.13. The highest BCUT2D eigenvalue weighted by atomic mass is 19.1. The highest BCUT2D eigenvalue weighted by molar-refractivity contribution is 6.38. The molecule has 0 fully saturated rings. The molecule has 0 amide bonds. The number of nitriles is 7. The molecule has 0 aliphatic heterocycles. The van der Waals surface area contributed by atoms with Crippen LogP contribution < -0.4 is 0 Å². The molecule has 0 bridgehead atoms. The Hall–Kier alpha value is -10.7. The van der Waals surface area contributed by atoms with Crippen LogP contribution in [-0.2, 0) is 0 Å². The van der Waals surface area contributed by atoms with Crippen LogP contribution in [0.4, 0.5) is 8.78 Å². The molecule has 0 spiro atoms. The molecule has 0 radical (unpaired) electrons. The fraction of sp³-hybridized carbons (Fsp3) is 0. The van der Waals surface area contributed by atoms with Crippen molar-refractivity contribution in [2.45, 2.75) is 0 Å². The summed E-state index contributed by atoms with van der Waals surface area (Å²) in [6.45, 7) is 8.88. The summed E-state index contributed by atoms with van der Waals surface area (Å²) >= 11 is 0. The van der Waals surface area contributed by atoms with Gasteiger partial charge in [-0.05, 0) is 122 Å². The maximum absolute atomic E-state index is 15.1. The Bertz CT molecular complexity index is 3540. The first-order valence-corrected chi connectivity index (χ1v) is 20.6. The Morgan fingerprint density at radius 1 is 0.397 bits per heavy atom. The molecular formula is C58H24F2N8. The van der Waals surface area contributed by atoms with Crippen LogP contribution in [0.1, 0.15) is 66.8 Å². The zero-order valence-corrected chi connectivity index (χ0v) is 35.2. The fourth-order valence-corrected chi connectivity index (χ4v) is 9.13. The van der Waals surface area contributed by atoms with Gasteiger partial charge in [0.2, 0.25) is 5.70 Å². The second-order valence-corrected chi connectivity index (χ2v) is 15.5. The minimum absolute atomic E-state index is 0.0453. The van der Waals surface area contributed by atoms with Gasteiger partial charge in [0, 0.05) is 27.8 Å². The number of nitrogens with zero attached hydrogens (tertiary/aromatic N) is 8. The summed E-state index contributed by atoms with van der Waals surface area (Å²) in [5, 5.41) is 75.3. The first-order valence-electron chi connectivity index (χ1n) is 20.6. The highest BCUT2D eigenvalue weighted by Crippen LogP contribution is 2.63. The molecule has 310 valence electrons. The van der Waals surface area contributed by atoms with Gasteiger partial charge in [0.1, 0.15) is 29.8 Å². The van der Waals surface area contributed by atoms with E-state index in [1.807, 2.05) is 0 Å². The van der Waals surface area contributed by atoms with Gasteiger partial charge < -0.3 is 0 Å². The minimum Gasteiger partial charge on any atom is -0.237 e. The number of fused-ring (bicyclic) bond motifs is 2. The number of allylic oxidation sites excluding steroid dienone is 7. The van der Waals surface area contributed by atoms with E-state index >= 15 is 8.78 Å². The molecule has 0 unspecified atom stereocenters. The van der Waals surface area contributed by atoms with Crippen LogP contribution in [0.25, 0.3) is 71.8 Å². The molecule has 0 N–H and O–H groups in total. The monoisotopic (exact) mass is 870 g/mol. The van der Waals surface area contributed by atoms with E-state index in [0.29, 0.717) is 22.3 Å². The lowest BCUT2D eigenvalue weighted by molar-refractivity contribution is 0.627. The SMILES string of the molecule is [C-]#[N+]/C(=C1/C(c2ccccc2)=C(C#N)c2c1c(-c1ccc(F)cc1)c1c(c2-c2ccc(F)cc2)/C(=C(\C#N)c2cc(C#N)cc(C#N)c2)C(c2ccccc2)=C1C#N)c1cc(C#N)cc(C#N)c1. The minimum atomic E-state index is -0.584. The Morgan fingerprint density at radius 2 is 0.779 bits per heavy atom. The van der Waals surface area contributed by atoms with Crippen LogP contribution in [0.5, 0.6) is 0 Å². The van der Waals surface area contributed by atoms with Gasteiger partial charge in [-0.1, -0.05) is 84.9 Å². The molecule has 2 aliphatic rings. The van der Waals surface area contributed by atoms with Crippen LogP contribution in [0.3, 0.4) is 0 Å². The van der Waals surface area contributed by atoms with Crippen molar-refractivity contribution in [2.24, 2.45) is 0 Å². The molecule has 0 saturated heterocycles. The van der Waals surface area contributed by atoms with Crippen molar-refractivity contribution >= 4 is 44.7 Å². The molecule has 0 saturated carbocycles. The zero-order valence-electron chi connectivity index (χ0n) is 35.2. The summed E-state index contributed by atoms with van der Waals surface area (Å²) in [7, 11) is 0. The molecule has 8 nitrogen and oxygen atoms in total. The molecule has 7 aromatic carbocycles. The topological polar surface area (TPSA) is 171 Å². The van der Waals surface area contributed by atoms with Crippen molar-refractivity contribution in [1.82, 2.24) is 0 Å². The van der Waals surface area contributed by atoms with Crippen molar-refractivity contribution in [2.75, 3.05) is 0 Å². The van der Waals surface area contributed by atoms with Gasteiger partial charge in [-0.25, -0.2) is 13.6 Å². The largest absolute Gasteiger partial charge is 0.237 e. The third kappa shape index (κ3) is 6.93. The molecule has 0 atom stereocenters. The second kappa shape index (κ2) is 17.4. The number of benzene rings is 7. The molecule has 10 heteroatoms. The molecule has 0 aromatic heterocycles. The van der Waals surface area contributed by atoms with Crippen LogP contribution in [0.2, 0.25) is 0 Å². The second-order valence-electron chi connectivity index (χ2n) is 15.5. The van der Waals surface area contributed by atoms with E-state index < -0.39 is 11.6 Å². The van der Waals surface area contributed by atoms with Crippen LogP contribution in [0, 0.1) is 97.5 Å². The van der Waals surface area contributed by atoms with Crippen molar-refractivity contribution in [3.8, 4) is 64.7 Å². The van der Waals surface area contributed by atoms with Crippen molar-refractivity contribution < 1.29 is 8.78 Å². The van der Waals surface area contributed by atoms with Crippen molar-refractivity contribution in [1.29, 1.82) is 36.8 Å². The first kappa shape index (κ1) is 42.6. The van der Waals surface area contributed by atoms with E-state index in [0.717, 1.165) is 0 Å². The smallest absolute Gasteiger partial charge is 0.202 e. The molecule has 2 aliphatic carbocycles. The van der Waals surface area contributed by atoms with E-state index in [-0.39, 0.29) is 111 Å². The number of rotatable bonds is 6. The van der Waals surface area contributed by atoms with Gasteiger partial charge in [-0.15, -0.1) is 0 Å². The summed E-state index contributed by atoms with van der Waals surface area (Å²) in [5.41, 5.74) is 4.82. The third-order valence-corrected chi connectivity index (χ3v) is 11.8. The van der Waals surface area contributed by atoms with E-state index in [9.17, 15) is 36.8 Å². The maximum Gasteiger partial charge on any atom is 0.202 e. The number of hydrogen-bond acceptors (Lipinski definition) is 7. The first-order chi connectivity index (χ1) is 33.2. The van der Waals surface area contributed by atoms with E-state index in [2.05, 4.69) is 47.3 Å². The third-order valence-electron chi connectivity index (χ3n) is 11.8. The Labute approximate surface area is 389 Å². The lowest BCUT2D eigenvalue weighted by Gasteiger charge is -2.24. The average Bonchev–Trinajstić information content (AvgIpc) is 3.90. The van der Waals surface area contributed by atoms with Gasteiger partial charge in [0.25, 0.3) is 0 Å². The van der Waals surface area contributed by atoms with Gasteiger partial charge >= 0.3 is 0 Å². The molecule has 9 rings (SSSR count). The van der Waals surface area contributed by atoms with Gasteiger partial charge in [0.05, 0.1) is 69.8 Å². The van der Waals surface area contributed by atoms with Gasteiger partial charge in [0.15, 0.2) is 0 Å². The molecule has 68 heavy (non-hydrogen) atoms. The van der Waals surface area contributed by atoms with E-state index in [1.54, 1.807) is 60.7 Å². The Kier molecular flexibility index (Phi) is 10.9. The van der Waals surface area contributed by atoms with Gasteiger partial charge in [-0.2, -0.15) is 36.8 Å². The number of hydrogen-bond donors (Lipinski definition) is 0. The maximum atomic E-state index is 15.1. The Morgan fingerprint density at radius 3 is 1.15 bits per heavy atom. The summed E-state index contributed by atoms with van der Waals surface area (Å²) in [5.74, 6) is -1.17. The Balaban J connectivity index is 1.65.